The van der Waals surface area contributed by atoms with Crippen LogP contribution < -0.4 is 5.43 Å². The molecule has 0 saturated carbocycles. The number of alkyl halides is 3. The first kappa shape index (κ1) is 15.6. The van der Waals surface area contributed by atoms with Crippen LogP contribution in [0, 0.1) is 0 Å². The highest BCUT2D eigenvalue weighted by molar-refractivity contribution is 5.97. The molecule has 2 N–H and O–H groups in total. The molecule has 0 saturated heterocycles. The van der Waals surface area contributed by atoms with E-state index in [4.69, 9.17) is 0 Å². The number of rotatable bonds is 3. The van der Waals surface area contributed by atoms with Gasteiger partial charge in [-0.1, -0.05) is 24.3 Å². The van der Waals surface area contributed by atoms with Crippen molar-refractivity contribution in [1.29, 1.82) is 0 Å². The van der Waals surface area contributed by atoms with Crippen molar-refractivity contribution in [2.45, 2.75) is 6.18 Å². The van der Waals surface area contributed by atoms with E-state index in [2.05, 4.69) is 10.5 Å². The summed E-state index contributed by atoms with van der Waals surface area (Å²) in [6, 6.07) is 10.2. The number of para-hydroxylation sites is 1. The molecule has 0 aliphatic carbocycles. The van der Waals surface area contributed by atoms with E-state index >= 15 is 0 Å². The van der Waals surface area contributed by atoms with E-state index in [-0.39, 0.29) is 11.3 Å². The van der Waals surface area contributed by atoms with Crippen LogP contribution in [0.15, 0.2) is 53.6 Å². The quantitative estimate of drug-likeness (QED) is 0.676. The highest BCUT2D eigenvalue weighted by Gasteiger charge is 2.29. The summed E-state index contributed by atoms with van der Waals surface area (Å²) in [5.74, 6) is -0.814. The first-order chi connectivity index (χ1) is 10.4. The number of carbonyl (C=O) groups excluding carboxylic acids is 1. The maximum atomic E-state index is 12.4. The Hall–Kier alpha value is -2.83. The topological polar surface area (TPSA) is 61.7 Å². The van der Waals surface area contributed by atoms with E-state index < -0.39 is 17.6 Å². The Kier molecular flexibility index (Phi) is 4.45. The monoisotopic (exact) mass is 308 g/mol. The molecule has 4 nitrogen and oxygen atoms in total. The van der Waals surface area contributed by atoms with Crippen LogP contribution in [0.5, 0.6) is 5.75 Å². The van der Waals surface area contributed by atoms with E-state index in [0.29, 0.717) is 5.56 Å². The fraction of sp³-hybridized carbons (Fsp3) is 0.0667. The number of amides is 1. The highest BCUT2D eigenvalue weighted by atomic mass is 19.4. The Morgan fingerprint density at radius 3 is 2.32 bits per heavy atom. The van der Waals surface area contributed by atoms with Crippen LogP contribution >= 0.6 is 0 Å². The third-order valence-corrected chi connectivity index (χ3v) is 2.77. The Bertz CT molecular complexity index is 695. The first-order valence-electron chi connectivity index (χ1n) is 6.16. The van der Waals surface area contributed by atoms with Gasteiger partial charge >= 0.3 is 6.18 Å². The molecule has 2 aromatic rings. The number of benzene rings is 2. The van der Waals surface area contributed by atoms with Crippen molar-refractivity contribution in [2.24, 2.45) is 5.10 Å². The smallest absolute Gasteiger partial charge is 0.416 e. The second kappa shape index (κ2) is 6.30. The van der Waals surface area contributed by atoms with Crippen molar-refractivity contribution in [2.75, 3.05) is 0 Å². The highest BCUT2D eigenvalue weighted by Crippen LogP contribution is 2.28. The maximum Gasteiger partial charge on any atom is 0.416 e. The Labute approximate surface area is 123 Å². The Morgan fingerprint density at radius 1 is 1.09 bits per heavy atom. The van der Waals surface area contributed by atoms with Gasteiger partial charge in [0.25, 0.3) is 5.91 Å². The minimum atomic E-state index is -4.39. The molecule has 0 heterocycles. The van der Waals surface area contributed by atoms with Gasteiger partial charge in [0.05, 0.1) is 17.3 Å². The number of hydrogen-bond acceptors (Lipinski definition) is 3. The summed E-state index contributed by atoms with van der Waals surface area (Å²) in [5, 5.41) is 13.1. The molecule has 22 heavy (non-hydrogen) atoms. The van der Waals surface area contributed by atoms with Crippen LogP contribution in [0.1, 0.15) is 21.5 Å². The van der Waals surface area contributed by atoms with Gasteiger partial charge in [-0.25, -0.2) is 5.43 Å². The number of hydrogen-bond donors (Lipinski definition) is 2. The third-order valence-electron chi connectivity index (χ3n) is 2.77. The lowest BCUT2D eigenvalue weighted by Gasteiger charge is -2.05. The van der Waals surface area contributed by atoms with E-state index in [1.807, 2.05) is 0 Å². The minimum absolute atomic E-state index is 0.0482. The molecule has 0 atom stereocenters. The van der Waals surface area contributed by atoms with Crippen molar-refractivity contribution in [1.82, 2.24) is 5.43 Å². The number of carbonyl (C=O) groups is 1. The zero-order valence-electron chi connectivity index (χ0n) is 11.1. The zero-order chi connectivity index (χ0) is 16.2. The number of nitrogens with one attached hydrogen (secondary N) is 1. The summed E-state index contributed by atoms with van der Waals surface area (Å²) in [6.45, 7) is 0. The zero-order valence-corrected chi connectivity index (χ0v) is 11.1. The van der Waals surface area contributed by atoms with E-state index in [0.717, 1.165) is 12.1 Å². The van der Waals surface area contributed by atoms with Crippen LogP contribution in [0.25, 0.3) is 0 Å². The maximum absolute atomic E-state index is 12.4. The summed E-state index contributed by atoms with van der Waals surface area (Å²) >= 11 is 0. The Balaban J connectivity index is 2.01. The fourth-order valence-electron chi connectivity index (χ4n) is 1.65. The fourth-order valence-corrected chi connectivity index (χ4v) is 1.65. The predicted molar refractivity (Wildman–Crippen MR) is 74.6 cm³/mol. The molecule has 0 aliphatic heterocycles. The van der Waals surface area contributed by atoms with Crippen LogP contribution in [-0.2, 0) is 6.18 Å². The molecule has 7 heteroatoms. The number of phenols is 1. The van der Waals surface area contributed by atoms with Crippen LogP contribution in [0.3, 0.4) is 0 Å². The van der Waals surface area contributed by atoms with Gasteiger partial charge in [0.15, 0.2) is 0 Å². The van der Waals surface area contributed by atoms with E-state index in [1.165, 1.54) is 30.5 Å². The molecule has 1 amide bonds. The molecule has 0 unspecified atom stereocenters. The lowest BCUT2D eigenvalue weighted by molar-refractivity contribution is -0.137. The second-order valence-electron chi connectivity index (χ2n) is 4.34. The number of hydrazone groups is 1. The molecule has 0 aromatic heterocycles. The molecule has 0 spiro atoms. The van der Waals surface area contributed by atoms with Gasteiger partial charge in [0, 0.05) is 0 Å². The second-order valence-corrected chi connectivity index (χ2v) is 4.34. The first-order valence-corrected chi connectivity index (χ1v) is 6.16. The molecule has 0 aliphatic rings. The van der Waals surface area contributed by atoms with Gasteiger partial charge in [-0.2, -0.15) is 18.3 Å². The van der Waals surface area contributed by atoms with Crippen LogP contribution in [0.4, 0.5) is 13.2 Å². The summed E-state index contributed by atoms with van der Waals surface area (Å²) in [4.78, 5) is 11.7. The average molecular weight is 308 g/mol. The predicted octanol–water partition coefficient (Wildman–Crippen LogP) is 3.17. The van der Waals surface area contributed by atoms with E-state index in [1.54, 1.807) is 12.1 Å². The van der Waals surface area contributed by atoms with Crippen LogP contribution in [-0.4, -0.2) is 17.2 Å². The van der Waals surface area contributed by atoms with Crippen molar-refractivity contribution in [3.8, 4) is 5.75 Å². The van der Waals surface area contributed by atoms with Gasteiger partial charge in [0.1, 0.15) is 5.75 Å². The van der Waals surface area contributed by atoms with Crippen molar-refractivity contribution in [3.63, 3.8) is 0 Å². The summed E-state index contributed by atoms with van der Waals surface area (Å²) in [7, 11) is 0. The average Bonchev–Trinajstić information content (AvgIpc) is 2.47. The molecular weight excluding hydrogens is 297 g/mol. The van der Waals surface area contributed by atoms with Crippen molar-refractivity contribution >= 4 is 12.1 Å². The van der Waals surface area contributed by atoms with Gasteiger partial charge in [-0.15, -0.1) is 0 Å². The standard InChI is InChI=1S/C15H11F3N2O2/c16-15(17,18)11-7-5-10(6-8-11)9-19-20-14(22)12-3-1-2-4-13(12)21/h1-9,21H,(H,20,22). The number of halogens is 3. The van der Waals surface area contributed by atoms with Gasteiger partial charge < -0.3 is 5.11 Å². The minimum Gasteiger partial charge on any atom is -0.507 e. The van der Waals surface area contributed by atoms with Crippen LogP contribution in [0.2, 0.25) is 0 Å². The van der Waals surface area contributed by atoms with Gasteiger partial charge in [0.2, 0.25) is 0 Å². The van der Waals surface area contributed by atoms with Gasteiger partial charge in [-0.3, -0.25) is 4.79 Å². The third kappa shape index (κ3) is 3.85. The van der Waals surface area contributed by atoms with Crippen molar-refractivity contribution < 1.29 is 23.1 Å². The summed E-state index contributed by atoms with van der Waals surface area (Å²) < 4.78 is 37.2. The molecule has 2 rings (SSSR count). The summed E-state index contributed by atoms with van der Waals surface area (Å²) in [6.07, 6.45) is -3.19. The number of nitrogens with zero attached hydrogens (tertiary/aromatic N) is 1. The molecular formula is C15H11F3N2O2. The molecule has 114 valence electrons. The SMILES string of the molecule is O=C(NN=Cc1ccc(C(F)(F)F)cc1)c1ccccc1O. The number of phenolic OH excluding ortho intramolecular Hbond substituents is 1. The normalized spacial score (nSPS) is 11.6. The summed E-state index contributed by atoms with van der Waals surface area (Å²) in [5.41, 5.74) is 1.86. The molecule has 0 fully saturated rings. The lowest BCUT2D eigenvalue weighted by atomic mass is 10.1. The number of aromatic hydroxyl groups is 1. The van der Waals surface area contributed by atoms with Gasteiger partial charge in [-0.05, 0) is 29.8 Å². The molecule has 2 aromatic carbocycles. The molecule has 0 radical (unpaired) electrons. The lowest BCUT2D eigenvalue weighted by Crippen LogP contribution is -2.17. The van der Waals surface area contributed by atoms with E-state index in [9.17, 15) is 23.1 Å². The largest absolute Gasteiger partial charge is 0.507 e. The van der Waals surface area contributed by atoms with Crippen molar-refractivity contribution in [3.05, 3.63) is 65.2 Å². The molecule has 0 bridgehead atoms. The Morgan fingerprint density at radius 2 is 1.73 bits per heavy atom.